The number of benzene rings is 1. The molecule has 2 nitrogen and oxygen atoms in total. The van der Waals surface area contributed by atoms with Crippen molar-refractivity contribution in [3.8, 4) is 5.75 Å². The Morgan fingerprint density at radius 1 is 1.11 bits per heavy atom. The average molecular weight is 280 g/mol. The number of hydrogen-bond acceptors (Lipinski definition) is 2. The Kier molecular flexibility index (Phi) is 3.72. The highest BCUT2D eigenvalue weighted by atomic mass is 35.5. The van der Waals surface area contributed by atoms with E-state index in [1.165, 1.54) is 25.7 Å². The van der Waals surface area contributed by atoms with Crippen molar-refractivity contribution >= 4 is 11.6 Å². The van der Waals surface area contributed by atoms with Gasteiger partial charge in [0.1, 0.15) is 5.75 Å². The molecule has 2 fully saturated rings. The summed E-state index contributed by atoms with van der Waals surface area (Å²) in [6.07, 6.45) is 9.80. The van der Waals surface area contributed by atoms with E-state index in [0.29, 0.717) is 11.1 Å². The van der Waals surface area contributed by atoms with Gasteiger partial charge < -0.3 is 10.5 Å². The van der Waals surface area contributed by atoms with Gasteiger partial charge in [-0.3, -0.25) is 0 Å². The minimum absolute atomic E-state index is 0.184. The molecule has 0 radical (unpaired) electrons. The van der Waals surface area contributed by atoms with E-state index in [2.05, 4.69) is 6.07 Å². The highest BCUT2D eigenvalue weighted by molar-refractivity contribution is 6.32. The maximum absolute atomic E-state index is 6.54. The lowest BCUT2D eigenvalue weighted by molar-refractivity contribution is 0.120. The Morgan fingerprint density at radius 3 is 2.42 bits per heavy atom. The molecule has 0 amide bonds. The van der Waals surface area contributed by atoms with Gasteiger partial charge in [-0.1, -0.05) is 36.9 Å². The zero-order valence-electron chi connectivity index (χ0n) is 11.3. The molecule has 0 heterocycles. The molecule has 0 aliphatic heterocycles. The van der Waals surface area contributed by atoms with Gasteiger partial charge >= 0.3 is 0 Å². The van der Waals surface area contributed by atoms with E-state index in [1.54, 1.807) is 0 Å². The summed E-state index contributed by atoms with van der Waals surface area (Å²) in [5, 5.41) is 0.708. The van der Waals surface area contributed by atoms with Crippen molar-refractivity contribution in [2.24, 2.45) is 5.73 Å². The molecule has 19 heavy (non-hydrogen) atoms. The fourth-order valence-electron chi connectivity index (χ4n) is 3.05. The second kappa shape index (κ2) is 5.34. The molecule has 2 aliphatic carbocycles. The van der Waals surface area contributed by atoms with E-state index in [0.717, 1.165) is 37.0 Å². The van der Waals surface area contributed by atoms with Crippen molar-refractivity contribution in [2.45, 2.75) is 63.0 Å². The maximum Gasteiger partial charge on any atom is 0.138 e. The molecule has 0 bridgehead atoms. The van der Waals surface area contributed by atoms with Crippen LogP contribution in [-0.4, -0.2) is 6.10 Å². The van der Waals surface area contributed by atoms with E-state index in [-0.39, 0.29) is 5.54 Å². The number of ether oxygens (including phenoxy) is 1. The van der Waals surface area contributed by atoms with Crippen LogP contribution in [0.25, 0.3) is 0 Å². The standard InChI is InChI=1S/C16H22ClNO/c17-14-11-12(16(18)9-2-1-3-10-16)7-8-15(14)19-13-5-4-6-13/h7-8,11,13H,1-6,9-10,18H2. The summed E-state index contributed by atoms with van der Waals surface area (Å²) >= 11 is 6.36. The maximum atomic E-state index is 6.54. The van der Waals surface area contributed by atoms with Crippen LogP contribution in [0, 0.1) is 0 Å². The van der Waals surface area contributed by atoms with Crippen LogP contribution >= 0.6 is 11.6 Å². The number of nitrogens with two attached hydrogens (primary N) is 1. The SMILES string of the molecule is NC1(c2ccc(OC3CCC3)c(Cl)c2)CCCCC1. The first-order valence-electron chi connectivity index (χ1n) is 7.43. The van der Waals surface area contributed by atoms with Gasteiger partial charge in [0, 0.05) is 5.54 Å². The molecule has 2 aliphatic rings. The molecule has 3 rings (SSSR count). The van der Waals surface area contributed by atoms with E-state index >= 15 is 0 Å². The number of halogens is 1. The monoisotopic (exact) mass is 279 g/mol. The second-order valence-electron chi connectivity index (χ2n) is 6.03. The lowest BCUT2D eigenvalue weighted by Crippen LogP contribution is -2.38. The summed E-state index contributed by atoms with van der Waals surface area (Å²) in [5.41, 5.74) is 7.52. The molecule has 0 spiro atoms. The fraction of sp³-hybridized carbons (Fsp3) is 0.625. The van der Waals surface area contributed by atoms with Crippen LogP contribution < -0.4 is 10.5 Å². The second-order valence-corrected chi connectivity index (χ2v) is 6.44. The topological polar surface area (TPSA) is 35.2 Å². The van der Waals surface area contributed by atoms with Gasteiger partial charge in [0.25, 0.3) is 0 Å². The molecule has 2 N–H and O–H groups in total. The zero-order chi connectivity index (χ0) is 13.3. The number of rotatable bonds is 3. The van der Waals surface area contributed by atoms with E-state index in [9.17, 15) is 0 Å². The van der Waals surface area contributed by atoms with Gasteiger partial charge in [0.05, 0.1) is 11.1 Å². The molecule has 0 atom stereocenters. The minimum atomic E-state index is -0.184. The van der Waals surface area contributed by atoms with Crippen molar-refractivity contribution in [1.82, 2.24) is 0 Å². The van der Waals surface area contributed by atoms with Crippen LogP contribution in [-0.2, 0) is 5.54 Å². The zero-order valence-corrected chi connectivity index (χ0v) is 12.1. The van der Waals surface area contributed by atoms with Gasteiger partial charge in [-0.2, -0.15) is 0 Å². The quantitative estimate of drug-likeness (QED) is 0.891. The van der Waals surface area contributed by atoms with Gasteiger partial charge in [-0.15, -0.1) is 0 Å². The highest BCUT2D eigenvalue weighted by Crippen LogP contribution is 2.38. The van der Waals surface area contributed by atoms with Crippen LogP contribution in [0.15, 0.2) is 18.2 Å². The molecule has 1 aromatic carbocycles. The molecule has 0 saturated heterocycles. The molecule has 1 aromatic rings. The number of hydrogen-bond donors (Lipinski definition) is 1. The van der Waals surface area contributed by atoms with Gasteiger partial charge in [0.15, 0.2) is 0 Å². The summed E-state index contributed by atoms with van der Waals surface area (Å²) in [4.78, 5) is 0. The van der Waals surface area contributed by atoms with Gasteiger partial charge in [-0.05, 0) is 49.8 Å². The van der Waals surface area contributed by atoms with Crippen molar-refractivity contribution in [3.63, 3.8) is 0 Å². The molecular weight excluding hydrogens is 258 g/mol. The van der Waals surface area contributed by atoms with E-state index < -0.39 is 0 Å². The summed E-state index contributed by atoms with van der Waals surface area (Å²) in [5.74, 6) is 0.814. The summed E-state index contributed by atoms with van der Waals surface area (Å²) < 4.78 is 5.88. The van der Waals surface area contributed by atoms with Crippen molar-refractivity contribution < 1.29 is 4.74 Å². The predicted molar refractivity (Wildman–Crippen MR) is 78.7 cm³/mol. The van der Waals surface area contributed by atoms with E-state index in [1.807, 2.05) is 12.1 Å². The Labute approximate surface area is 120 Å². The molecule has 104 valence electrons. The van der Waals surface area contributed by atoms with Gasteiger partial charge in [-0.25, -0.2) is 0 Å². The van der Waals surface area contributed by atoms with Crippen LogP contribution in [0.1, 0.15) is 56.9 Å². The lowest BCUT2D eigenvalue weighted by Gasteiger charge is -2.34. The third-order valence-corrected chi connectivity index (χ3v) is 4.89. The van der Waals surface area contributed by atoms with Crippen LogP contribution in [0.4, 0.5) is 0 Å². The van der Waals surface area contributed by atoms with Gasteiger partial charge in [0.2, 0.25) is 0 Å². The highest BCUT2D eigenvalue weighted by Gasteiger charge is 2.30. The van der Waals surface area contributed by atoms with Crippen molar-refractivity contribution in [2.75, 3.05) is 0 Å². The summed E-state index contributed by atoms with van der Waals surface area (Å²) in [6.45, 7) is 0. The molecule has 3 heteroatoms. The Bertz CT molecular complexity index is 450. The van der Waals surface area contributed by atoms with Crippen LogP contribution in [0.3, 0.4) is 0 Å². The summed E-state index contributed by atoms with van der Waals surface area (Å²) in [7, 11) is 0. The Balaban J connectivity index is 1.77. The smallest absolute Gasteiger partial charge is 0.138 e. The first kappa shape index (κ1) is 13.3. The van der Waals surface area contributed by atoms with E-state index in [4.69, 9.17) is 22.1 Å². The molecule has 0 aromatic heterocycles. The average Bonchev–Trinajstić information content (AvgIpc) is 2.36. The third-order valence-electron chi connectivity index (χ3n) is 4.60. The Morgan fingerprint density at radius 2 is 1.84 bits per heavy atom. The first-order valence-corrected chi connectivity index (χ1v) is 7.81. The Hall–Kier alpha value is -0.730. The minimum Gasteiger partial charge on any atom is -0.489 e. The normalized spacial score (nSPS) is 22.8. The third kappa shape index (κ3) is 2.75. The van der Waals surface area contributed by atoms with Crippen molar-refractivity contribution in [1.29, 1.82) is 0 Å². The van der Waals surface area contributed by atoms with Crippen LogP contribution in [0.2, 0.25) is 5.02 Å². The van der Waals surface area contributed by atoms with Crippen molar-refractivity contribution in [3.05, 3.63) is 28.8 Å². The van der Waals surface area contributed by atoms with Crippen LogP contribution in [0.5, 0.6) is 5.75 Å². The molecule has 0 unspecified atom stereocenters. The molecular formula is C16H22ClNO. The largest absolute Gasteiger partial charge is 0.489 e. The molecule has 2 saturated carbocycles. The first-order chi connectivity index (χ1) is 9.17. The lowest BCUT2D eigenvalue weighted by atomic mass is 9.77. The summed E-state index contributed by atoms with van der Waals surface area (Å²) in [6, 6.07) is 6.12. The predicted octanol–water partition coefficient (Wildman–Crippen LogP) is 4.39. The fourth-order valence-corrected chi connectivity index (χ4v) is 3.27.